The van der Waals surface area contributed by atoms with Crippen molar-refractivity contribution < 1.29 is 19.0 Å². The molecule has 7 nitrogen and oxygen atoms in total. The Balaban J connectivity index is 1.86. The number of rotatable bonds is 6. The van der Waals surface area contributed by atoms with Crippen molar-refractivity contribution in [2.24, 2.45) is 0 Å². The van der Waals surface area contributed by atoms with E-state index in [9.17, 15) is 4.79 Å². The van der Waals surface area contributed by atoms with Gasteiger partial charge < -0.3 is 19.5 Å². The fourth-order valence-corrected chi connectivity index (χ4v) is 2.45. The van der Waals surface area contributed by atoms with Crippen molar-refractivity contribution in [1.29, 1.82) is 0 Å². The van der Waals surface area contributed by atoms with Crippen LogP contribution in [0.4, 0.5) is 5.69 Å². The van der Waals surface area contributed by atoms with Gasteiger partial charge in [0.05, 0.1) is 20.4 Å². The second-order valence-electron chi connectivity index (χ2n) is 5.91. The van der Waals surface area contributed by atoms with Crippen LogP contribution in [0.1, 0.15) is 11.3 Å². The zero-order chi connectivity index (χ0) is 21.3. The summed E-state index contributed by atoms with van der Waals surface area (Å²) < 4.78 is 16.4. The number of hydrogen-bond acceptors (Lipinski definition) is 6. The Morgan fingerprint density at radius 1 is 1.07 bits per heavy atom. The van der Waals surface area contributed by atoms with Gasteiger partial charge in [0.1, 0.15) is 23.6 Å². The first-order valence-electron chi connectivity index (χ1n) is 8.87. The van der Waals surface area contributed by atoms with Crippen LogP contribution in [0, 0.1) is 11.8 Å². The van der Waals surface area contributed by atoms with Crippen molar-refractivity contribution in [3.05, 3.63) is 78.9 Å². The average Bonchev–Trinajstić information content (AvgIpc) is 2.78. The first-order valence-corrected chi connectivity index (χ1v) is 8.87. The SMILES string of the molecule is C=CC(=O)Nc1cccc(Oc2cncnc2C#Cc2cc(OC)cc(OC)c2)c1. The molecule has 7 heteroatoms. The highest BCUT2D eigenvalue weighted by atomic mass is 16.5. The smallest absolute Gasteiger partial charge is 0.247 e. The van der Waals surface area contributed by atoms with Crippen LogP contribution in [0.3, 0.4) is 0 Å². The first kappa shape index (κ1) is 20.4. The third-order valence-corrected chi connectivity index (χ3v) is 3.87. The number of carbonyl (C=O) groups is 1. The van der Waals surface area contributed by atoms with E-state index in [0.29, 0.717) is 39.9 Å². The maximum Gasteiger partial charge on any atom is 0.247 e. The van der Waals surface area contributed by atoms with E-state index in [2.05, 4.69) is 33.7 Å². The lowest BCUT2D eigenvalue weighted by Gasteiger charge is -2.08. The molecule has 3 rings (SSSR count). The van der Waals surface area contributed by atoms with Gasteiger partial charge in [-0.25, -0.2) is 9.97 Å². The summed E-state index contributed by atoms with van der Waals surface area (Å²) >= 11 is 0. The van der Waals surface area contributed by atoms with Crippen LogP contribution >= 0.6 is 0 Å². The zero-order valence-corrected chi connectivity index (χ0v) is 16.5. The molecule has 0 aliphatic rings. The fourth-order valence-electron chi connectivity index (χ4n) is 2.45. The molecule has 1 heterocycles. The van der Waals surface area contributed by atoms with E-state index in [1.807, 2.05) is 0 Å². The molecule has 1 N–H and O–H groups in total. The summed E-state index contributed by atoms with van der Waals surface area (Å²) in [6.07, 6.45) is 4.11. The number of benzene rings is 2. The summed E-state index contributed by atoms with van der Waals surface area (Å²) in [5.74, 6) is 7.86. The maximum atomic E-state index is 11.5. The van der Waals surface area contributed by atoms with Crippen LogP contribution in [-0.2, 0) is 4.79 Å². The normalized spacial score (nSPS) is 9.67. The van der Waals surface area contributed by atoms with Crippen molar-refractivity contribution in [1.82, 2.24) is 9.97 Å². The van der Waals surface area contributed by atoms with Crippen molar-refractivity contribution >= 4 is 11.6 Å². The number of nitrogens with zero attached hydrogens (tertiary/aromatic N) is 2. The van der Waals surface area contributed by atoms with Crippen LogP contribution in [0.5, 0.6) is 23.0 Å². The lowest BCUT2D eigenvalue weighted by atomic mass is 10.2. The van der Waals surface area contributed by atoms with Gasteiger partial charge in [-0.1, -0.05) is 18.6 Å². The third kappa shape index (κ3) is 5.36. The molecule has 1 aromatic heterocycles. The molecule has 2 aromatic carbocycles. The van der Waals surface area contributed by atoms with E-state index < -0.39 is 0 Å². The molecule has 0 fully saturated rings. The van der Waals surface area contributed by atoms with Gasteiger partial charge in [0.2, 0.25) is 5.91 Å². The molecule has 0 spiro atoms. The predicted molar refractivity (Wildman–Crippen MR) is 113 cm³/mol. The lowest BCUT2D eigenvalue weighted by molar-refractivity contribution is -0.111. The molecule has 0 unspecified atom stereocenters. The Hall–Kier alpha value is -4.31. The Morgan fingerprint density at radius 3 is 2.53 bits per heavy atom. The second-order valence-corrected chi connectivity index (χ2v) is 5.91. The standard InChI is InChI=1S/C23H19N3O4/c1-4-23(27)26-17-6-5-7-18(12-17)30-22-14-24-15-25-21(22)9-8-16-10-19(28-2)13-20(11-16)29-3/h4-7,10-15H,1H2,2-3H3,(H,26,27). The number of aromatic nitrogens is 2. The molecule has 1 amide bonds. The molecular formula is C23H19N3O4. The molecule has 0 bridgehead atoms. The van der Waals surface area contributed by atoms with Gasteiger partial charge in [-0.2, -0.15) is 0 Å². The van der Waals surface area contributed by atoms with Crippen LogP contribution in [0.2, 0.25) is 0 Å². The van der Waals surface area contributed by atoms with E-state index in [0.717, 1.165) is 0 Å². The maximum absolute atomic E-state index is 11.5. The highest BCUT2D eigenvalue weighted by molar-refractivity contribution is 5.98. The van der Waals surface area contributed by atoms with Gasteiger partial charge in [0, 0.05) is 23.4 Å². The summed E-state index contributed by atoms with van der Waals surface area (Å²) in [5.41, 5.74) is 1.68. The van der Waals surface area contributed by atoms with Crippen LogP contribution in [0.25, 0.3) is 0 Å². The lowest BCUT2D eigenvalue weighted by Crippen LogP contribution is -2.07. The average molecular weight is 401 g/mol. The third-order valence-electron chi connectivity index (χ3n) is 3.87. The summed E-state index contributed by atoms with van der Waals surface area (Å²) in [6.45, 7) is 3.43. The minimum atomic E-state index is -0.310. The Morgan fingerprint density at radius 2 is 1.83 bits per heavy atom. The molecular weight excluding hydrogens is 382 g/mol. The van der Waals surface area contributed by atoms with Crippen molar-refractivity contribution in [3.63, 3.8) is 0 Å². The van der Waals surface area contributed by atoms with Crippen molar-refractivity contribution in [2.75, 3.05) is 19.5 Å². The molecule has 30 heavy (non-hydrogen) atoms. The minimum absolute atomic E-state index is 0.310. The Labute approximate surface area is 174 Å². The largest absolute Gasteiger partial charge is 0.497 e. The Bertz CT molecular complexity index is 1110. The van der Waals surface area contributed by atoms with Gasteiger partial charge in [-0.3, -0.25) is 4.79 Å². The summed E-state index contributed by atoms with van der Waals surface area (Å²) in [5, 5.41) is 2.68. The molecule has 3 aromatic rings. The molecule has 150 valence electrons. The number of hydrogen-bond donors (Lipinski definition) is 1. The molecule has 0 saturated heterocycles. The monoisotopic (exact) mass is 401 g/mol. The van der Waals surface area contributed by atoms with E-state index in [1.54, 1.807) is 56.7 Å². The van der Waals surface area contributed by atoms with Gasteiger partial charge in [0.25, 0.3) is 0 Å². The minimum Gasteiger partial charge on any atom is -0.497 e. The van der Waals surface area contributed by atoms with Crippen LogP contribution in [-0.4, -0.2) is 30.1 Å². The number of nitrogens with one attached hydrogen (secondary N) is 1. The summed E-state index contributed by atoms with van der Waals surface area (Å²) in [7, 11) is 3.15. The van der Waals surface area contributed by atoms with Gasteiger partial charge >= 0.3 is 0 Å². The predicted octanol–water partition coefficient (Wildman–Crippen LogP) is 3.81. The number of carbonyl (C=O) groups excluding carboxylic acids is 1. The van der Waals surface area contributed by atoms with E-state index in [4.69, 9.17) is 14.2 Å². The topological polar surface area (TPSA) is 82.6 Å². The molecule has 0 aliphatic carbocycles. The Kier molecular flexibility index (Phi) is 6.64. The number of amides is 1. The van der Waals surface area contributed by atoms with Crippen molar-refractivity contribution in [2.45, 2.75) is 0 Å². The molecule has 0 saturated carbocycles. The second kappa shape index (κ2) is 9.75. The molecule has 0 atom stereocenters. The summed E-state index contributed by atoms with van der Waals surface area (Å²) in [6, 6.07) is 12.3. The number of ether oxygens (including phenoxy) is 3. The van der Waals surface area contributed by atoms with Gasteiger partial charge in [0.15, 0.2) is 11.4 Å². The highest BCUT2D eigenvalue weighted by Gasteiger charge is 2.07. The van der Waals surface area contributed by atoms with Gasteiger partial charge in [-0.05, 0) is 36.3 Å². The van der Waals surface area contributed by atoms with E-state index in [1.165, 1.54) is 18.6 Å². The van der Waals surface area contributed by atoms with Gasteiger partial charge in [-0.15, -0.1) is 0 Å². The van der Waals surface area contributed by atoms with Crippen LogP contribution in [0.15, 0.2) is 67.6 Å². The quantitative estimate of drug-likeness (QED) is 0.500. The fraction of sp³-hybridized carbons (Fsp3) is 0.0870. The highest BCUT2D eigenvalue weighted by Crippen LogP contribution is 2.26. The van der Waals surface area contributed by atoms with Crippen molar-refractivity contribution in [3.8, 4) is 34.8 Å². The number of anilines is 1. The summed E-state index contributed by atoms with van der Waals surface area (Å²) in [4.78, 5) is 19.7. The van der Waals surface area contributed by atoms with Crippen LogP contribution < -0.4 is 19.5 Å². The molecule has 0 radical (unpaired) electrons. The van der Waals surface area contributed by atoms with E-state index in [-0.39, 0.29) is 5.91 Å². The van der Waals surface area contributed by atoms with E-state index >= 15 is 0 Å². The number of methoxy groups -OCH3 is 2. The zero-order valence-electron chi connectivity index (χ0n) is 16.5. The molecule has 0 aliphatic heterocycles. The first-order chi connectivity index (χ1) is 14.6.